The number of rotatable bonds is 6. The zero-order valence-corrected chi connectivity index (χ0v) is 12.7. The molecule has 2 N–H and O–H groups in total. The molecule has 1 aromatic carbocycles. The number of terminal acetylenes is 1. The summed E-state index contributed by atoms with van der Waals surface area (Å²) in [5.74, 6) is 0.783. The van der Waals surface area contributed by atoms with E-state index in [4.69, 9.17) is 6.42 Å². The van der Waals surface area contributed by atoms with Gasteiger partial charge in [0.1, 0.15) is 0 Å². The molecular weight excluding hydrogens is 278 g/mol. The van der Waals surface area contributed by atoms with Crippen molar-refractivity contribution in [3.63, 3.8) is 0 Å². The number of carboxylic acids is 1. The maximum absolute atomic E-state index is 11.5. The van der Waals surface area contributed by atoms with Crippen LogP contribution in [0.3, 0.4) is 0 Å². The fourth-order valence-electron chi connectivity index (χ4n) is 1.93. The molecule has 1 aromatic rings. The van der Waals surface area contributed by atoms with Crippen molar-refractivity contribution in [2.24, 2.45) is 5.92 Å². The number of carbonyl (C=O) groups excluding carboxylic acids is 1. The van der Waals surface area contributed by atoms with Crippen LogP contribution < -0.4 is 5.32 Å². The van der Waals surface area contributed by atoms with Crippen molar-refractivity contribution in [2.45, 2.75) is 13.3 Å². The number of nitrogens with one attached hydrogen (secondary N) is 1. The van der Waals surface area contributed by atoms with E-state index in [-0.39, 0.29) is 17.4 Å². The highest BCUT2D eigenvalue weighted by Crippen LogP contribution is 2.13. The Hall–Kier alpha value is -2.80. The molecule has 22 heavy (non-hydrogen) atoms. The van der Waals surface area contributed by atoms with Gasteiger partial charge < -0.3 is 10.4 Å². The molecule has 114 valence electrons. The molecular formula is C18H19NO3. The Morgan fingerprint density at radius 1 is 1.36 bits per heavy atom. The van der Waals surface area contributed by atoms with E-state index >= 15 is 0 Å². The van der Waals surface area contributed by atoms with E-state index in [2.05, 4.69) is 11.2 Å². The van der Waals surface area contributed by atoms with Gasteiger partial charge in [-0.15, -0.1) is 6.42 Å². The number of carboxylic acid groups (broad SMARTS) is 1. The van der Waals surface area contributed by atoms with Crippen LogP contribution in [0.5, 0.6) is 0 Å². The van der Waals surface area contributed by atoms with Gasteiger partial charge in [-0.1, -0.05) is 42.3 Å². The van der Waals surface area contributed by atoms with Crippen LogP contribution in [0.15, 0.2) is 53.6 Å². The third-order valence-electron chi connectivity index (χ3n) is 3.10. The Labute approximate surface area is 130 Å². The maximum Gasteiger partial charge on any atom is 0.335 e. The van der Waals surface area contributed by atoms with Gasteiger partial charge in [0.25, 0.3) is 0 Å². The van der Waals surface area contributed by atoms with E-state index < -0.39 is 5.97 Å². The maximum atomic E-state index is 11.5. The summed E-state index contributed by atoms with van der Waals surface area (Å²) >= 11 is 0. The quantitative estimate of drug-likeness (QED) is 0.480. The Bertz CT molecular complexity index is 636. The minimum absolute atomic E-state index is 0.0139. The SMILES string of the molecule is C#CC(/C=C(\C=C(/C)C(=O)NC)C(=O)O)Cc1ccccc1. The van der Waals surface area contributed by atoms with Crippen LogP contribution in [0.4, 0.5) is 0 Å². The van der Waals surface area contributed by atoms with E-state index in [9.17, 15) is 14.7 Å². The van der Waals surface area contributed by atoms with Gasteiger partial charge >= 0.3 is 5.97 Å². The first-order valence-corrected chi connectivity index (χ1v) is 6.83. The van der Waals surface area contributed by atoms with Gasteiger partial charge in [0.15, 0.2) is 0 Å². The molecule has 0 aliphatic heterocycles. The molecule has 4 nitrogen and oxygen atoms in total. The van der Waals surface area contributed by atoms with Gasteiger partial charge in [0, 0.05) is 18.5 Å². The molecule has 0 radical (unpaired) electrons. The normalized spacial score (nSPS) is 13.1. The second-order valence-electron chi connectivity index (χ2n) is 4.80. The van der Waals surface area contributed by atoms with Gasteiger partial charge in [0.2, 0.25) is 5.91 Å². The van der Waals surface area contributed by atoms with E-state index in [1.54, 1.807) is 6.92 Å². The molecule has 0 heterocycles. The number of hydrogen-bond donors (Lipinski definition) is 2. The van der Waals surface area contributed by atoms with Gasteiger partial charge in [0.05, 0.1) is 5.57 Å². The van der Waals surface area contributed by atoms with Crippen LogP contribution in [0.2, 0.25) is 0 Å². The summed E-state index contributed by atoms with van der Waals surface area (Å²) in [7, 11) is 1.49. The van der Waals surface area contributed by atoms with E-state index in [1.807, 2.05) is 30.3 Å². The molecule has 1 atom stereocenters. The first-order chi connectivity index (χ1) is 10.5. The van der Waals surface area contributed by atoms with Crippen molar-refractivity contribution in [3.8, 4) is 12.3 Å². The zero-order chi connectivity index (χ0) is 16.5. The summed E-state index contributed by atoms with van der Waals surface area (Å²) in [6, 6.07) is 9.58. The van der Waals surface area contributed by atoms with Crippen LogP contribution in [0.25, 0.3) is 0 Å². The van der Waals surface area contributed by atoms with Crippen LogP contribution in [0.1, 0.15) is 12.5 Å². The Morgan fingerprint density at radius 3 is 2.50 bits per heavy atom. The molecule has 0 saturated carbocycles. The lowest BCUT2D eigenvalue weighted by Gasteiger charge is -2.07. The monoisotopic (exact) mass is 297 g/mol. The lowest BCUT2D eigenvalue weighted by molar-refractivity contribution is -0.132. The number of hydrogen-bond acceptors (Lipinski definition) is 2. The molecule has 0 aromatic heterocycles. The predicted molar refractivity (Wildman–Crippen MR) is 86.0 cm³/mol. The molecule has 0 fully saturated rings. The summed E-state index contributed by atoms with van der Waals surface area (Å²) in [4.78, 5) is 22.8. The molecule has 0 aliphatic carbocycles. The smallest absolute Gasteiger partial charge is 0.335 e. The first kappa shape index (κ1) is 17.3. The number of allylic oxidation sites excluding steroid dienone is 1. The molecule has 0 aliphatic rings. The summed E-state index contributed by atoms with van der Waals surface area (Å²) in [5, 5.41) is 11.7. The van der Waals surface area contributed by atoms with Crippen molar-refractivity contribution in [3.05, 3.63) is 59.2 Å². The number of likely N-dealkylation sites (N-methyl/N-ethyl adjacent to an activating group) is 1. The molecule has 1 rings (SSSR count). The average Bonchev–Trinajstić information content (AvgIpc) is 2.53. The highest BCUT2D eigenvalue weighted by Gasteiger charge is 2.11. The highest BCUT2D eigenvalue weighted by atomic mass is 16.4. The second-order valence-corrected chi connectivity index (χ2v) is 4.80. The van der Waals surface area contributed by atoms with Crippen molar-refractivity contribution in [1.82, 2.24) is 5.32 Å². The van der Waals surface area contributed by atoms with Crippen molar-refractivity contribution < 1.29 is 14.7 Å². The molecule has 0 saturated heterocycles. The zero-order valence-electron chi connectivity index (χ0n) is 12.7. The van der Waals surface area contributed by atoms with Gasteiger partial charge in [-0.2, -0.15) is 0 Å². The summed E-state index contributed by atoms with van der Waals surface area (Å²) in [6.07, 6.45) is 8.87. The summed E-state index contributed by atoms with van der Waals surface area (Å²) in [5.41, 5.74) is 1.35. The van der Waals surface area contributed by atoms with E-state index in [1.165, 1.54) is 19.2 Å². The third kappa shape index (κ3) is 5.29. The largest absolute Gasteiger partial charge is 0.478 e. The molecule has 0 bridgehead atoms. The van der Waals surface area contributed by atoms with Gasteiger partial charge in [-0.3, -0.25) is 4.79 Å². The topological polar surface area (TPSA) is 66.4 Å². The van der Waals surface area contributed by atoms with Crippen LogP contribution in [-0.2, 0) is 16.0 Å². The highest BCUT2D eigenvalue weighted by molar-refractivity contribution is 5.97. The Balaban J connectivity index is 3.03. The Morgan fingerprint density at radius 2 is 2.00 bits per heavy atom. The lowest BCUT2D eigenvalue weighted by Crippen LogP contribution is -2.19. The van der Waals surface area contributed by atoms with E-state index in [0.29, 0.717) is 12.0 Å². The number of carbonyl (C=O) groups is 2. The number of amides is 1. The fourth-order valence-corrected chi connectivity index (χ4v) is 1.93. The molecule has 1 amide bonds. The standard InChI is InChI=1S/C18H19NO3/c1-4-14(11-15-8-6-5-7-9-15)12-16(18(21)22)10-13(2)17(20)19-3/h1,5-10,12,14H,11H2,2-3H3,(H,19,20)(H,21,22)/b13-10+,16-12+. The number of aliphatic carboxylic acids is 1. The minimum Gasteiger partial charge on any atom is -0.478 e. The lowest BCUT2D eigenvalue weighted by atomic mass is 9.97. The summed E-state index contributed by atoms with van der Waals surface area (Å²) in [6.45, 7) is 1.55. The van der Waals surface area contributed by atoms with Crippen LogP contribution >= 0.6 is 0 Å². The Kier molecular flexibility index (Phi) is 6.65. The van der Waals surface area contributed by atoms with Crippen molar-refractivity contribution in [2.75, 3.05) is 7.05 Å². The van der Waals surface area contributed by atoms with Gasteiger partial charge in [-0.25, -0.2) is 4.79 Å². The van der Waals surface area contributed by atoms with Crippen molar-refractivity contribution in [1.29, 1.82) is 0 Å². The second kappa shape index (κ2) is 8.48. The number of benzene rings is 1. The third-order valence-corrected chi connectivity index (χ3v) is 3.10. The first-order valence-electron chi connectivity index (χ1n) is 6.83. The fraction of sp³-hybridized carbons (Fsp3) is 0.222. The van der Waals surface area contributed by atoms with Crippen LogP contribution in [0, 0.1) is 18.3 Å². The van der Waals surface area contributed by atoms with Crippen LogP contribution in [-0.4, -0.2) is 24.0 Å². The molecule has 4 heteroatoms. The minimum atomic E-state index is -1.11. The molecule has 1 unspecified atom stereocenters. The molecule has 0 spiro atoms. The average molecular weight is 297 g/mol. The van der Waals surface area contributed by atoms with Gasteiger partial charge in [-0.05, 0) is 25.0 Å². The summed E-state index contributed by atoms with van der Waals surface area (Å²) < 4.78 is 0. The van der Waals surface area contributed by atoms with E-state index in [0.717, 1.165) is 5.56 Å². The predicted octanol–water partition coefficient (Wildman–Crippen LogP) is 2.18. The van der Waals surface area contributed by atoms with Crippen molar-refractivity contribution >= 4 is 11.9 Å².